The van der Waals surface area contributed by atoms with Gasteiger partial charge in [-0.3, -0.25) is 4.98 Å². The van der Waals surface area contributed by atoms with Gasteiger partial charge in [-0.1, -0.05) is 37.5 Å². The smallest absolute Gasteiger partial charge is 0.174 e. The molecule has 30 heavy (non-hydrogen) atoms. The summed E-state index contributed by atoms with van der Waals surface area (Å²) < 4.78 is 2.37. The minimum absolute atomic E-state index is 0.0921. The van der Waals surface area contributed by atoms with E-state index in [9.17, 15) is 5.11 Å². The molecular weight excluding hydrogens is 392 g/mol. The average Bonchev–Trinajstić information content (AvgIpc) is 3.40. The van der Waals surface area contributed by atoms with E-state index in [1.807, 2.05) is 47.5 Å². The molecule has 0 radical (unpaired) electrons. The SMILES string of the molecule is Oc1ccccc1N1C(=S)N[C@H](c2ccccn2)[C@H]1c1ccn(C2CCCCC2)c1. The number of rotatable bonds is 4. The van der Waals surface area contributed by atoms with Gasteiger partial charge in [0.05, 0.1) is 23.5 Å². The van der Waals surface area contributed by atoms with Gasteiger partial charge in [0.2, 0.25) is 0 Å². The van der Waals surface area contributed by atoms with Gasteiger partial charge in [0.15, 0.2) is 5.11 Å². The first-order chi connectivity index (χ1) is 14.7. The van der Waals surface area contributed by atoms with Gasteiger partial charge in [-0.15, -0.1) is 0 Å². The molecule has 2 aromatic heterocycles. The molecule has 5 nitrogen and oxygen atoms in total. The van der Waals surface area contributed by atoms with Gasteiger partial charge in [0.1, 0.15) is 5.75 Å². The Kier molecular flexibility index (Phi) is 5.17. The van der Waals surface area contributed by atoms with Crippen LogP contribution in [0.4, 0.5) is 5.69 Å². The lowest BCUT2D eigenvalue weighted by Gasteiger charge is -2.28. The van der Waals surface area contributed by atoms with E-state index in [0.717, 1.165) is 5.69 Å². The van der Waals surface area contributed by atoms with Crippen molar-refractivity contribution in [3.8, 4) is 5.75 Å². The van der Waals surface area contributed by atoms with E-state index in [2.05, 4.69) is 33.3 Å². The second kappa shape index (κ2) is 8.11. The molecule has 2 atom stereocenters. The molecule has 0 bridgehead atoms. The highest BCUT2D eigenvalue weighted by molar-refractivity contribution is 7.80. The number of hydrogen-bond acceptors (Lipinski definition) is 3. The number of nitrogens with zero attached hydrogens (tertiary/aromatic N) is 3. The zero-order chi connectivity index (χ0) is 20.5. The number of aromatic nitrogens is 2. The highest BCUT2D eigenvalue weighted by Crippen LogP contribution is 2.44. The van der Waals surface area contributed by atoms with Gasteiger partial charge in [-0.2, -0.15) is 0 Å². The van der Waals surface area contributed by atoms with Crippen LogP contribution in [0.25, 0.3) is 0 Å². The Morgan fingerprint density at radius 2 is 1.80 bits per heavy atom. The molecule has 154 valence electrons. The Bertz CT molecular complexity index is 1030. The van der Waals surface area contributed by atoms with Crippen molar-refractivity contribution in [3.05, 3.63) is 78.4 Å². The lowest BCUT2D eigenvalue weighted by Crippen LogP contribution is -2.29. The number of thiocarbonyl (C=S) groups is 1. The molecule has 0 spiro atoms. The van der Waals surface area contributed by atoms with Crippen LogP contribution in [0.15, 0.2) is 67.1 Å². The fraction of sp³-hybridized carbons (Fsp3) is 0.333. The van der Waals surface area contributed by atoms with Crippen molar-refractivity contribution in [2.75, 3.05) is 4.90 Å². The van der Waals surface area contributed by atoms with E-state index >= 15 is 0 Å². The number of phenols is 1. The quantitative estimate of drug-likeness (QED) is 0.565. The standard InChI is InChI=1S/C24H26N4OS/c29-21-12-5-4-11-20(21)28-23(22(26-24(28)30)19-10-6-7-14-25-19)17-13-15-27(16-17)18-8-2-1-3-9-18/h4-7,10-16,18,22-23,29H,1-3,8-9H2,(H,26,30)/t22-,23-/m1/s1. The highest BCUT2D eigenvalue weighted by atomic mass is 32.1. The zero-order valence-electron chi connectivity index (χ0n) is 16.8. The van der Waals surface area contributed by atoms with E-state index in [1.165, 1.54) is 37.7 Å². The monoisotopic (exact) mass is 418 g/mol. The fourth-order valence-corrected chi connectivity index (χ4v) is 5.17. The molecule has 5 rings (SSSR count). The van der Waals surface area contributed by atoms with Gasteiger partial charge in [0.25, 0.3) is 0 Å². The maximum absolute atomic E-state index is 10.6. The summed E-state index contributed by atoms with van der Waals surface area (Å²) >= 11 is 5.74. The van der Waals surface area contributed by atoms with Crippen LogP contribution in [0.3, 0.4) is 0 Å². The van der Waals surface area contributed by atoms with Crippen molar-refractivity contribution in [2.24, 2.45) is 0 Å². The van der Waals surface area contributed by atoms with Crippen molar-refractivity contribution >= 4 is 23.0 Å². The third-order valence-corrected chi connectivity index (χ3v) is 6.63. The molecular formula is C24H26N4OS. The van der Waals surface area contributed by atoms with Crippen LogP contribution < -0.4 is 10.2 Å². The zero-order valence-corrected chi connectivity index (χ0v) is 17.6. The minimum Gasteiger partial charge on any atom is -0.506 e. The van der Waals surface area contributed by atoms with E-state index < -0.39 is 0 Å². The van der Waals surface area contributed by atoms with Gasteiger partial charge in [0, 0.05) is 24.6 Å². The maximum atomic E-state index is 10.6. The van der Waals surface area contributed by atoms with Crippen LogP contribution in [-0.4, -0.2) is 19.8 Å². The molecule has 1 saturated heterocycles. The van der Waals surface area contributed by atoms with Crippen molar-refractivity contribution < 1.29 is 5.11 Å². The minimum atomic E-state index is -0.0967. The molecule has 1 saturated carbocycles. The van der Waals surface area contributed by atoms with Crippen LogP contribution in [0.5, 0.6) is 5.75 Å². The summed E-state index contributed by atoms with van der Waals surface area (Å²) in [7, 11) is 0. The van der Waals surface area contributed by atoms with Gasteiger partial charge < -0.3 is 19.9 Å². The Hall–Kier alpha value is -2.86. The lowest BCUT2D eigenvalue weighted by atomic mass is 9.95. The maximum Gasteiger partial charge on any atom is 0.174 e. The normalized spacial score (nSPS) is 22.3. The molecule has 1 aliphatic heterocycles. The Balaban J connectivity index is 1.57. The third kappa shape index (κ3) is 3.45. The molecule has 0 amide bonds. The van der Waals surface area contributed by atoms with Gasteiger partial charge in [-0.25, -0.2) is 0 Å². The Morgan fingerprint density at radius 1 is 1.00 bits per heavy atom. The third-order valence-electron chi connectivity index (χ3n) is 6.31. The summed E-state index contributed by atoms with van der Waals surface area (Å²) in [6, 6.07) is 15.9. The number of hydrogen-bond donors (Lipinski definition) is 2. The molecule has 2 aliphatic rings. The average molecular weight is 419 g/mol. The van der Waals surface area contributed by atoms with Crippen LogP contribution in [0.1, 0.15) is 61.5 Å². The van der Waals surface area contributed by atoms with E-state index in [1.54, 1.807) is 6.07 Å². The Labute approximate surface area is 182 Å². The summed E-state index contributed by atoms with van der Waals surface area (Å²) in [5.74, 6) is 0.222. The predicted molar refractivity (Wildman–Crippen MR) is 123 cm³/mol. The van der Waals surface area contributed by atoms with Crippen LogP contribution in [0.2, 0.25) is 0 Å². The number of benzene rings is 1. The number of para-hydroxylation sites is 2. The first kappa shape index (κ1) is 19.1. The first-order valence-corrected chi connectivity index (χ1v) is 11.1. The number of anilines is 1. The van der Waals surface area contributed by atoms with Crippen molar-refractivity contribution in [1.82, 2.24) is 14.9 Å². The lowest BCUT2D eigenvalue weighted by molar-refractivity contribution is 0.353. The van der Waals surface area contributed by atoms with Crippen LogP contribution >= 0.6 is 12.2 Å². The first-order valence-electron chi connectivity index (χ1n) is 10.7. The van der Waals surface area contributed by atoms with Crippen molar-refractivity contribution in [2.45, 2.75) is 50.2 Å². The Morgan fingerprint density at radius 3 is 2.57 bits per heavy atom. The van der Waals surface area contributed by atoms with E-state index in [4.69, 9.17) is 12.2 Å². The van der Waals surface area contributed by atoms with Gasteiger partial charge >= 0.3 is 0 Å². The molecule has 2 N–H and O–H groups in total. The molecule has 1 aliphatic carbocycles. The largest absolute Gasteiger partial charge is 0.506 e. The van der Waals surface area contributed by atoms with E-state index in [-0.39, 0.29) is 17.8 Å². The molecule has 0 unspecified atom stereocenters. The van der Waals surface area contributed by atoms with Crippen LogP contribution in [0, 0.1) is 0 Å². The second-order valence-corrected chi connectivity index (χ2v) is 8.56. The van der Waals surface area contributed by atoms with Gasteiger partial charge in [-0.05, 0) is 61.0 Å². The summed E-state index contributed by atoms with van der Waals surface area (Å²) in [5.41, 5.74) is 2.82. The summed E-state index contributed by atoms with van der Waals surface area (Å²) in [6.45, 7) is 0. The van der Waals surface area contributed by atoms with Crippen LogP contribution in [-0.2, 0) is 0 Å². The molecule has 6 heteroatoms. The molecule has 3 heterocycles. The number of pyridine rings is 1. The number of aromatic hydroxyl groups is 1. The summed E-state index contributed by atoms with van der Waals surface area (Å²) in [5, 5.41) is 14.6. The van der Waals surface area contributed by atoms with Crippen molar-refractivity contribution in [3.63, 3.8) is 0 Å². The number of phenolic OH excluding ortho intramolecular Hbond substituents is 1. The summed E-state index contributed by atoms with van der Waals surface area (Å²) in [4.78, 5) is 6.63. The topological polar surface area (TPSA) is 53.3 Å². The van der Waals surface area contributed by atoms with Crippen molar-refractivity contribution in [1.29, 1.82) is 0 Å². The second-order valence-electron chi connectivity index (χ2n) is 8.17. The highest BCUT2D eigenvalue weighted by Gasteiger charge is 2.42. The molecule has 1 aromatic carbocycles. The van der Waals surface area contributed by atoms with E-state index in [0.29, 0.717) is 16.8 Å². The number of nitrogens with one attached hydrogen (secondary N) is 1. The molecule has 3 aromatic rings. The summed E-state index contributed by atoms with van der Waals surface area (Å²) in [6.07, 6.45) is 12.7. The predicted octanol–water partition coefficient (Wildman–Crippen LogP) is 5.27. The fourth-order valence-electron chi connectivity index (χ4n) is 4.83. The molecule has 2 fully saturated rings.